The molecule has 0 atom stereocenters. The molecular formula is C16H20N2O2. The Morgan fingerprint density at radius 3 is 2.65 bits per heavy atom. The minimum absolute atomic E-state index is 0.00390. The number of carbonyl (C=O) groups excluding carboxylic acids is 1. The molecule has 0 aliphatic heterocycles. The fourth-order valence-electron chi connectivity index (χ4n) is 1.93. The molecule has 0 saturated heterocycles. The third-order valence-electron chi connectivity index (χ3n) is 2.96. The van der Waals surface area contributed by atoms with Crippen LogP contribution in [0.1, 0.15) is 17.1 Å². The first-order valence-corrected chi connectivity index (χ1v) is 6.81. The fourth-order valence-corrected chi connectivity index (χ4v) is 1.93. The lowest BCUT2D eigenvalue weighted by molar-refractivity contribution is -0.120. The fraction of sp³-hybridized carbons (Fsp3) is 0.312. The molecule has 1 heterocycles. The Morgan fingerprint density at radius 2 is 1.95 bits per heavy atom. The molecule has 2 aromatic rings. The molecule has 1 amide bonds. The van der Waals surface area contributed by atoms with E-state index in [1.165, 1.54) is 5.56 Å². The van der Waals surface area contributed by atoms with Crippen LogP contribution in [0, 0.1) is 6.92 Å². The first kappa shape index (κ1) is 14.3. The number of nitrogens with one attached hydrogen (secondary N) is 2. The minimum atomic E-state index is 0.00390. The van der Waals surface area contributed by atoms with Crippen LogP contribution in [-0.2, 0) is 17.8 Å². The highest BCUT2D eigenvalue weighted by atomic mass is 16.3. The van der Waals surface area contributed by atoms with Gasteiger partial charge in [0.2, 0.25) is 5.91 Å². The molecule has 106 valence electrons. The van der Waals surface area contributed by atoms with Crippen LogP contribution in [0.4, 0.5) is 0 Å². The van der Waals surface area contributed by atoms with Crippen molar-refractivity contribution in [3.05, 3.63) is 59.5 Å². The van der Waals surface area contributed by atoms with E-state index in [4.69, 9.17) is 4.42 Å². The van der Waals surface area contributed by atoms with Crippen molar-refractivity contribution in [1.29, 1.82) is 0 Å². The zero-order chi connectivity index (χ0) is 14.2. The predicted molar refractivity (Wildman–Crippen MR) is 78.3 cm³/mol. The molecule has 0 radical (unpaired) electrons. The van der Waals surface area contributed by atoms with E-state index in [0.717, 1.165) is 17.9 Å². The summed E-state index contributed by atoms with van der Waals surface area (Å²) >= 11 is 0. The summed E-state index contributed by atoms with van der Waals surface area (Å²) in [4.78, 5) is 11.6. The zero-order valence-electron chi connectivity index (χ0n) is 11.7. The van der Waals surface area contributed by atoms with Crippen molar-refractivity contribution in [3.63, 3.8) is 0 Å². The number of rotatable bonds is 7. The van der Waals surface area contributed by atoms with Crippen molar-refractivity contribution in [2.24, 2.45) is 0 Å². The highest BCUT2D eigenvalue weighted by Gasteiger charge is 2.02. The van der Waals surface area contributed by atoms with E-state index in [0.29, 0.717) is 19.6 Å². The second-order valence-electron chi connectivity index (χ2n) is 4.70. The molecule has 1 aromatic carbocycles. The molecule has 20 heavy (non-hydrogen) atoms. The first-order valence-electron chi connectivity index (χ1n) is 6.81. The quantitative estimate of drug-likeness (QED) is 0.811. The summed E-state index contributed by atoms with van der Waals surface area (Å²) < 4.78 is 5.41. The number of carbonyl (C=O) groups is 1. The zero-order valence-corrected chi connectivity index (χ0v) is 11.7. The van der Waals surface area contributed by atoms with Crippen LogP contribution >= 0.6 is 0 Å². The van der Waals surface area contributed by atoms with Gasteiger partial charge in [-0.3, -0.25) is 4.79 Å². The van der Waals surface area contributed by atoms with Crippen molar-refractivity contribution in [3.8, 4) is 0 Å². The Balaban J connectivity index is 1.59. The first-order chi connectivity index (χ1) is 9.74. The average molecular weight is 272 g/mol. The lowest BCUT2D eigenvalue weighted by atomic mass is 10.1. The van der Waals surface area contributed by atoms with Gasteiger partial charge in [-0.1, -0.05) is 30.3 Å². The number of hydrogen-bond acceptors (Lipinski definition) is 3. The summed E-state index contributed by atoms with van der Waals surface area (Å²) in [5.41, 5.74) is 1.23. The molecule has 0 saturated carbocycles. The summed E-state index contributed by atoms with van der Waals surface area (Å²) in [5, 5.41) is 5.95. The van der Waals surface area contributed by atoms with Crippen LogP contribution in [0.2, 0.25) is 0 Å². The van der Waals surface area contributed by atoms with Gasteiger partial charge in [-0.15, -0.1) is 0 Å². The topological polar surface area (TPSA) is 54.3 Å². The van der Waals surface area contributed by atoms with E-state index in [-0.39, 0.29) is 5.91 Å². The van der Waals surface area contributed by atoms with Crippen LogP contribution in [-0.4, -0.2) is 19.0 Å². The molecule has 0 fully saturated rings. The predicted octanol–water partition coefficient (Wildman–Crippen LogP) is 2.04. The second kappa shape index (κ2) is 7.50. The van der Waals surface area contributed by atoms with E-state index in [1.807, 2.05) is 37.3 Å². The normalized spacial score (nSPS) is 10.4. The summed E-state index contributed by atoms with van der Waals surface area (Å²) in [6.07, 6.45) is 0.851. The van der Waals surface area contributed by atoms with Gasteiger partial charge in [0.15, 0.2) is 0 Å². The Morgan fingerprint density at radius 1 is 1.15 bits per heavy atom. The standard InChI is InChI=1S/C16H20N2O2/c1-13-7-8-15(20-13)11-17-12-16(19)18-10-9-14-5-3-2-4-6-14/h2-8,17H,9-12H2,1H3,(H,18,19). The molecule has 2 N–H and O–H groups in total. The van der Waals surface area contributed by atoms with Crippen LogP contribution in [0.25, 0.3) is 0 Å². The van der Waals surface area contributed by atoms with Crippen molar-refractivity contribution in [2.75, 3.05) is 13.1 Å². The lowest BCUT2D eigenvalue weighted by Crippen LogP contribution is -2.34. The number of hydrogen-bond donors (Lipinski definition) is 2. The van der Waals surface area contributed by atoms with Crippen LogP contribution < -0.4 is 10.6 Å². The molecular weight excluding hydrogens is 252 g/mol. The third-order valence-corrected chi connectivity index (χ3v) is 2.96. The van der Waals surface area contributed by atoms with Crippen molar-refractivity contribution in [2.45, 2.75) is 19.9 Å². The molecule has 0 unspecified atom stereocenters. The molecule has 4 heteroatoms. The second-order valence-corrected chi connectivity index (χ2v) is 4.70. The molecule has 2 rings (SSSR count). The summed E-state index contributed by atoms with van der Waals surface area (Å²) in [6.45, 7) is 3.43. The van der Waals surface area contributed by atoms with Crippen LogP contribution in [0.15, 0.2) is 46.9 Å². The maximum absolute atomic E-state index is 11.6. The summed E-state index contributed by atoms with van der Waals surface area (Å²) in [7, 11) is 0. The molecule has 0 spiro atoms. The number of aryl methyl sites for hydroxylation is 1. The van der Waals surface area contributed by atoms with Crippen molar-refractivity contribution >= 4 is 5.91 Å². The SMILES string of the molecule is Cc1ccc(CNCC(=O)NCCc2ccccc2)o1. The van der Waals surface area contributed by atoms with Gasteiger partial charge < -0.3 is 15.1 Å². The van der Waals surface area contributed by atoms with Crippen molar-refractivity contribution in [1.82, 2.24) is 10.6 Å². The number of benzene rings is 1. The monoisotopic (exact) mass is 272 g/mol. The Kier molecular flexibility index (Phi) is 5.38. The highest BCUT2D eigenvalue weighted by molar-refractivity contribution is 5.77. The average Bonchev–Trinajstić information content (AvgIpc) is 2.86. The maximum Gasteiger partial charge on any atom is 0.233 e. The number of furan rings is 1. The van der Waals surface area contributed by atoms with Gasteiger partial charge in [-0.2, -0.15) is 0 Å². The molecule has 1 aromatic heterocycles. The number of amides is 1. The van der Waals surface area contributed by atoms with Crippen LogP contribution in [0.3, 0.4) is 0 Å². The lowest BCUT2D eigenvalue weighted by Gasteiger charge is -2.06. The van der Waals surface area contributed by atoms with Gasteiger partial charge in [-0.05, 0) is 31.0 Å². The van der Waals surface area contributed by atoms with Gasteiger partial charge in [-0.25, -0.2) is 0 Å². The van der Waals surface area contributed by atoms with Gasteiger partial charge in [0.25, 0.3) is 0 Å². The van der Waals surface area contributed by atoms with E-state index in [9.17, 15) is 4.79 Å². The Hall–Kier alpha value is -2.07. The van der Waals surface area contributed by atoms with E-state index < -0.39 is 0 Å². The molecule has 0 aliphatic rings. The molecule has 0 aliphatic carbocycles. The Labute approximate surface area is 119 Å². The maximum atomic E-state index is 11.6. The minimum Gasteiger partial charge on any atom is -0.465 e. The van der Waals surface area contributed by atoms with Gasteiger partial charge >= 0.3 is 0 Å². The Bertz CT molecular complexity index is 534. The summed E-state index contributed by atoms with van der Waals surface area (Å²) in [5.74, 6) is 1.73. The van der Waals surface area contributed by atoms with Gasteiger partial charge in [0, 0.05) is 6.54 Å². The van der Waals surface area contributed by atoms with E-state index in [1.54, 1.807) is 0 Å². The smallest absolute Gasteiger partial charge is 0.233 e. The van der Waals surface area contributed by atoms with E-state index >= 15 is 0 Å². The summed E-state index contributed by atoms with van der Waals surface area (Å²) in [6, 6.07) is 13.9. The largest absolute Gasteiger partial charge is 0.465 e. The van der Waals surface area contributed by atoms with E-state index in [2.05, 4.69) is 22.8 Å². The van der Waals surface area contributed by atoms with Gasteiger partial charge in [0.1, 0.15) is 11.5 Å². The van der Waals surface area contributed by atoms with Gasteiger partial charge in [0.05, 0.1) is 13.1 Å². The molecule has 4 nitrogen and oxygen atoms in total. The van der Waals surface area contributed by atoms with Crippen molar-refractivity contribution < 1.29 is 9.21 Å². The van der Waals surface area contributed by atoms with Crippen LogP contribution in [0.5, 0.6) is 0 Å². The molecule has 0 bridgehead atoms. The highest BCUT2D eigenvalue weighted by Crippen LogP contribution is 2.05. The third kappa shape index (κ3) is 4.90.